The van der Waals surface area contributed by atoms with E-state index in [1.807, 2.05) is 18.2 Å². The van der Waals surface area contributed by atoms with Gasteiger partial charge >= 0.3 is 0 Å². The van der Waals surface area contributed by atoms with Crippen LogP contribution in [0.4, 0.5) is 0 Å². The van der Waals surface area contributed by atoms with E-state index in [2.05, 4.69) is 39.5 Å². The lowest BCUT2D eigenvalue weighted by atomic mass is 10.00. The van der Waals surface area contributed by atoms with E-state index in [1.165, 1.54) is 11.1 Å². The van der Waals surface area contributed by atoms with Crippen LogP contribution in [0.1, 0.15) is 17.5 Å². The van der Waals surface area contributed by atoms with Gasteiger partial charge in [0.2, 0.25) is 11.8 Å². The normalized spacial score (nSPS) is 22.7. The van der Waals surface area contributed by atoms with Gasteiger partial charge in [-0.3, -0.25) is 9.69 Å². The van der Waals surface area contributed by atoms with Crippen LogP contribution >= 0.6 is 0 Å². The lowest BCUT2D eigenvalue weighted by Crippen LogP contribution is -2.53. The Morgan fingerprint density at radius 3 is 2.93 bits per heavy atom. The van der Waals surface area contributed by atoms with Crippen LogP contribution in [-0.4, -0.2) is 54.2 Å². The Morgan fingerprint density at radius 1 is 1.22 bits per heavy atom. The van der Waals surface area contributed by atoms with Crippen LogP contribution in [0, 0.1) is 0 Å². The van der Waals surface area contributed by atoms with E-state index in [0.29, 0.717) is 25.6 Å². The number of benzene rings is 1. The van der Waals surface area contributed by atoms with Gasteiger partial charge in [-0.2, -0.15) is 0 Å². The molecule has 2 atom stereocenters. The van der Waals surface area contributed by atoms with E-state index >= 15 is 0 Å². The zero-order valence-electron chi connectivity index (χ0n) is 15.3. The van der Waals surface area contributed by atoms with E-state index < -0.39 is 0 Å². The highest BCUT2D eigenvalue weighted by atomic mass is 16.5. The summed E-state index contributed by atoms with van der Waals surface area (Å²) in [5.41, 5.74) is 2.71. The third-order valence-electron chi connectivity index (χ3n) is 5.14. The van der Waals surface area contributed by atoms with Crippen molar-refractivity contribution in [3.05, 3.63) is 59.8 Å². The third-order valence-corrected chi connectivity index (χ3v) is 5.14. The first-order valence-electron chi connectivity index (χ1n) is 9.52. The number of pyridine rings is 1. The zero-order valence-corrected chi connectivity index (χ0v) is 15.3. The molecule has 1 N–H and O–H groups in total. The second-order valence-electron chi connectivity index (χ2n) is 7.09. The molecular weight excluding hydrogens is 342 g/mol. The van der Waals surface area contributed by atoms with Crippen molar-refractivity contribution in [2.24, 2.45) is 0 Å². The second-order valence-corrected chi connectivity index (χ2v) is 7.09. The maximum Gasteiger partial charge on any atom is 0.234 e. The molecule has 1 saturated heterocycles. The molecule has 6 nitrogen and oxygen atoms in total. The fourth-order valence-corrected chi connectivity index (χ4v) is 3.71. The van der Waals surface area contributed by atoms with Gasteiger partial charge in [0.25, 0.3) is 0 Å². The molecule has 0 radical (unpaired) electrons. The fraction of sp³-hybridized carbons (Fsp3) is 0.429. The number of hydrogen-bond donors (Lipinski definition) is 1. The molecule has 2 aromatic rings. The van der Waals surface area contributed by atoms with Crippen molar-refractivity contribution < 1.29 is 14.3 Å². The Morgan fingerprint density at radius 2 is 2.07 bits per heavy atom. The van der Waals surface area contributed by atoms with Gasteiger partial charge in [-0.15, -0.1) is 0 Å². The molecule has 27 heavy (non-hydrogen) atoms. The lowest BCUT2D eigenvalue weighted by molar-refractivity contribution is -0.125. The molecule has 0 aliphatic carbocycles. The monoisotopic (exact) mass is 367 g/mol. The van der Waals surface area contributed by atoms with Crippen molar-refractivity contribution in [2.75, 3.05) is 26.3 Å². The molecule has 1 fully saturated rings. The summed E-state index contributed by atoms with van der Waals surface area (Å²) < 4.78 is 11.5. The molecule has 4 rings (SSSR count). The predicted molar refractivity (Wildman–Crippen MR) is 101 cm³/mol. The molecule has 1 amide bonds. The summed E-state index contributed by atoms with van der Waals surface area (Å²) in [6.45, 7) is 3.22. The molecule has 1 aromatic carbocycles. The molecule has 6 heteroatoms. The highest BCUT2D eigenvalue weighted by Gasteiger charge is 2.30. The van der Waals surface area contributed by atoms with Crippen LogP contribution in [-0.2, 0) is 22.5 Å². The number of nitrogens with one attached hydrogen (secondary N) is 1. The maximum absolute atomic E-state index is 12.6. The van der Waals surface area contributed by atoms with Gasteiger partial charge in [0.15, 0.2) is 0 Å². The molecule has 0 spiro atoms. The first-order chi connectivity index (χ1) is 13.3. The summed E-state index contributed by atoms with van der Waals surface area (Å²) in [6.07, 6.45) is 3.21. The largest absolute Gasteiger partial charge is 0.470 e. The minimum absolute atomic E-state index is 0.0379. The zero-order chi connectivity index (χ0) is 18.5. The van der Waals surface area contributed by atoms with Crippen molar-refractivity contribution in [3.63, 3.8) is 0 Å². The Hall–Kier alpha value is -2.44. The topological polar surface area (TPSA) is 63.7 Å². The average molecular weight is 367 g/mol. The van der Waals surface area contributed by atoms with Gasteiger partial charge in [-0.1, -0.05) is 30.3 Å². The van der Waals surface area contributed by atoms with E-state index in [4.69, 9.17) is 9.47 Å². The molecule has 3 heterocycles. The minimum atomic E-state index is -0.223. The van der Waals surface area contributed by atoms with Gasteiger partial charge in [-0.05, 0) is 30.0 Å². The van der Waals surface area contributed by atoms with Crippen molar-refractivity contribution in [2.45, 2.75) is 31.5 Å². The van der Waals surface area contributed by atoms with Crippen molar-refractivity contribution in [1.29, 1.82) is 0 Å². The maximum atomic E-state index is 12.6. The van der Waals surface area contributed by atoms with Crippen LogP contribution < -0.4 is 10.1 Å². The Kier molecular flexibility index (Phi) is 5.65. The SMILES string of the molecule is O=C(CN1CCc2ccccc2C1)N[C@@H]1CCOC[C@H]1Oc1ccccn1. The number of ether oxygens (including phenoxy) is 2. The second kappa shape index (κ2) is 8.50. The number of carbonyl (C=O) groups excluding carboxylic acids is 1. The van der Waals surface area contributed by atoms with Crippen LogP contribution in [0.5, 0.6) is 5.88 Å². The first-order valence-corrected chi connectivity index (χ1v) is 9.52. The Balaban J connectivity index is 1.32. The molecule has 2 aliphatic rings. The highest BCUT2D eigenvalue weighted by Crippen LogP contribution is 2.19. The third kappa shape index (κ3) is 4.64. The van der Waals surface area contributed by atoms with Crippen molar-refractivity contribution in [1.82, 2.24) is 15.2 Å². The van der Waals surface area contributed by atoms with Crippen molar-refractivity contribution >= 4 is 5.91 Å². The number of nitrogens with zero attached hydrogens (tertiary/aromatic N) is 2. The van der Waals surface area contributed by atoms with Gasteiger partial charge in [0.05, 0.1) is 19.2 Å². The molecular formula is C21H25N3O3. The van der Waals surface area contributed by atoms with Crippen LogP contribution in [0.15, 0.2) is 48.7 Å². The molecule has 2 aliphatic heterocycles. The standard InChI is InChI=1S/C21H25N3O3/c25-20(14-24-11-8-16-5-1-2-6-17(16)13-24)23-18-9-12-26-15-19(18)27-21-7-3-4-10-22-21/h1-7,10,18-19H,8-9,11-15H2,(H,23,25)/t18-,19-/m1/s1. The first kappa shape index (κ1) is 17.9. The molecule has 142 valence electrons. The van der Waals surface area contributed by atoms with E-state index in [0.717, 1.165) is 25.9 Å². The van der Waals surface area contributed by atoms with Crippen LogP contribution in [0.3, 0.4) is 0 Å². The number of aromatic nitrogens is 1. The summed E-state index contributed by atoms with van der Waals surface area (Å²) in [5.74, 6) is 0.593. The highest BCUT2D eigenvalue weighted by molar-refractivity contribution is 5.78. The lowest BCUT2D eigenvalue weighted by Gasteiger charge is -2.33. The fourth-order valence-electron chi connectivity index (χ4n) is 3.71. The van der Waals surface area contributed by atoms with Crippen molar-refractivity contribution in [3.8, 4) is 5.88 Å². The number of fused-ring (bicyclic) bond motifs is 1. The number of hydrogen-bond acceptors (Lipinski definition) is 5. The number of rotatable bonds is 5. The van der Waals surface area contributed by atoms with E-state index in [-0.39, 0.29) is 18.1 Å². The number of amides is 1. The number of carbonyl (C=O) groups is 1. The molecule has 0 unspecified atom stereocenters. The smallest absolute Gasteiger partial charge is 0.234 e. The van der Waals surface area contributed by atoms with E-state index in [1.54, 1.807) is 6.20 Å². The molecule has 0 bridgehead atoms. The van der Waals surface area contributed by atoms with Gasteiger partial charge in [0.1, 0.15) is 6.10 Å². The summed E-state index contributed by atoms with van der Waals surface area (Å²) in [6, 6.07) is 13.9. The van der Waals surface area contributed by atoms with Gasteiger partial charge < -0.3 is 14.8 Å². The van der Waals surface area contributed by atoms with Gasteiger partial charge in [-0.25, -0.2) is 4.98 Å². The summed E-state index contributed by atoms with van der Waals surface area (Å²) in [7, 11) is 0. The minimum Gasteiger partial charge on any atom is -0.470 e. The van der Waals surface area contributed by atoms with E-state index in [9.17, 15) is 4.79 Å². The Labute approximate surface area is 159 Å². The summed E-state index contributed by atoms with van der Waals surface area (Å²) in [5, 5.41) is 3.15. The molecule has 0 saturated carbocycles. The van der Waals surface area contributed by atoms with Crippen LogP contribution in [0.25, 0.3) is 0 Å². The predicted octanol–water partition coefficient (Wildman–Crippen LogP) is 1.79. The quantitative estimate of drug-likeness (QED) is 0.873. The Bertz CT molecular complexity index is 768. The average Bonchev–Trinajstić information content (AvgIpc) is 2.70. The summed E-state index contributed by atoms with van der Waals surface area (Å²) >= 11 is 0. The summed E-state index contributed by atoms with van der Waals surface area (Å²) in [4.78, 5) is 19.0. The van der Waals surface area contributed by atoms with Crippen LogP contribution in [0.2, 0.25) is 0 Å². The molecule has 1 aromatic heterocycles. The van der Waals surface area contributed by atoms with Gasteiger partial charge in [0, 0.05) is 32.0 Å².